The Labute approximate surface area is 79.2 Å². The van der Waals surface area contributed by atoms with Crippen LogP contribution in [-0.2, 0) is 9.05 Å². The molecule has 0 aromatic carbocycles. The minimum atomic E-state index is -3.71. The number of hydrogen-bond acceptors (Lipinski definition) is 3. The van der Waals surface area contributed by atoms with Crippen LogP contribution in [0.1, 0.15) is 0 Å². The fourth-order valence-electron chi connectivity index (χ4n) is 1.09. The third-order valence-corrected chi connectivity index (χ3v) is 2.91. The zero-order valence-electron chi connectivity index (χ0n) is 6.38. The predicted octanol–water partition coefficient (Wildman–Crippen LogP) is 1.26. The molecule has 0 fully saturated rings. The molecule has 0 atom stereocenters. The average molecular weight is 217 g/mol. The molecule has 0 radical (unpaired) electrons. The highest BCUT2D eigenvalue weighted by atomic mass is 35.7. The molecule has 0 saturated heterocycles. The van der Waals surface area contributed by atoms with E-state index in [0.29, 0.717) is 5.65 Å². The Kier molecular flexibility index (Phi) is 1.78. The SMILES string of the molecule is O=S(=O)(Cl)c1cnc2ccccn12. The van der Waals surface area contributed by atoms with Gasteiger partial charge in [-0.05, 0) is 12.1 Å². The van der Waals surface area contributed by atoms with Crippen molar-refractivity contribution in [3.05, 3.63) is 30.6 Å². The quantitative estimate of drug-likeness (QED) is 0.675. The van der Waals surface area contributed by atoms with Gasteiger partial charge in [0.2, 0.25) is 0 Å². The number of rotatable bonds is 1. The van der Waals surface area contributed by atoms with Gasteiger partial charge in [0, 0.05) is 16.9 Å². The number of fused-ring (bicyclic) bond motifs is 1. The average Bonchev–Trinajstić information content (AvgIpc) is 2.45. The van der Waals surface area contributed by atoms with Gasteiger partial charge in [-0.15, -0.1) is 0 Å². The second kappa shape index (κ2) is 2.71. The smallest absolute Gasteiger partial charge is 0.278 e. The van der Waals surface area contributed by atoms with Crippen LogP contribution in [0.3, 0.4) is 0 Å². The topological polar surface area (TPSA) is 51.4 Å². The lowest BCUT2D eigenvalue weighted by Crippen LogP contribution is -1.95. The Bertz CT molecular complexity index is 546. The second-order valence-corrected chi connectivity index (χ2v) is 4.98. The number of nitrogens with zero attached hydrogens (tertiary/aromatic N) is 2. The van der Waals surface area contributed by atoms with Gasteiger partial charge < -0.3 is 0 Å². The Morgan fingerprint density at radius 2 is 2.15 bits per heavy atom. The van der Waals surface area contributed by atoms with E-state index >= 15 is 0 Å². The molecule has 0 N–H and O–H groups in total. The molecule has 0 aliphatic rings. The third-order valence-electron chi connectivity index (χ3n) is 1.63. The molecule has 0 aliphatic heterocycles. The van der Waals surface area contributed by atoms with Gasteiger partial charge in [-0.1, -0.05) is 6.07 Å². The van der Waals surface area contributed by atoms with Gasteiger partial charge in [-0.3, -0.25) is 4.40 Å². The number of imidazole rings is 1. The summed E-state index contributed by atoms with van der Waals surface area (Å²) >= 11 is 0. The molecular weight excluding hydrogens is 212 g/mol. The van der Waals surface area contributed by atoms with Crippen LogP contribution in [0.4, 0.5) is 0 Å². The molecule has 68 valence electrons. The van der Waals surface area contributed by atoms with Crippen LogP contribution >= 0.6 is 10.7 Å². The van der Waals surface area contributed by atoms with Gasteiger partial charge >= 0.3 is 0 Å². The maximum atomic E-state index is 11.0. The summed E-state index contributed by atoms with van der Waals surface area (Å²) < 4.78 is 23.4. The molecule has 2 heterocycles. The Morgan fingerprint density at radius 3 is 2.85 bits per heavy atom. The number of aromatic nitrogens is 2. The molecule has 2 rings (SSSR count). The highest BCUT2D eigenvalue weighted by molar-refractivity contribution is 8.13. The van der Waals surface area contributed by atoms with Crippen molar-refractivity contribution in [3.63, 3.8) is 0 Å². The first-order chi connectivity index (χ1) is 6.09. The first kappa shape index (κ1) is 8.52. The fraction of sp³-hybridized carbons (Fsp3) is 0. The van der Waals surface area contributed by atoms with Crippen LogP contribution in [0.25, 0.3) is 5.65 Å². The van der Waals surface area contributed by atoms with E-state index in [-0.39, 0.29) is 5.03 Å². The normalized spacial score (nSPS) is 12.1. The van der Waals surface area contributed by atoms with Crippen molar-refractivity contribution >= 4 is 25.4 Å². The van der Waals surface area contributed by atoms with Crippen LogP contribution in [-0.4, -0.2) is 17.8 Å². The molecule has 0 spiro atoms. The standard InChI is InChI=1S/C7H5ClN2O2S/c8-13(11,12)7-5-9-6-3-1-2-4-10(6)7/h1-5H. The molecule has 6 heteroatoms. The van der Waals surface area contributed by atoms with Crippen molar-refractivity contribution in [2.24, 2.45) is 0 Å². The van der Waals surface area contributed by atoms with Crippen LogP contribution in [0, 0.1) is 0 Å². The predicted molar refractivity (Wildman–Crippen MR) is 48.2 cm³/mol. The summed E-state index contributed by atoms with van der Waals surface area (Å²) in [5.41, 5.74) is 0.557. The number of pyridine rings is 1. The van der Waals surface area contributed by atoms with Gasteiger partial charge in [0.15, 0.2) is 5.03 Å². The monoisotopic (exact) mass is 216 g/mol. The van der Waals surface area contributed by atoms with E-state index in [4.69, 9.17) is 10.7 Å². The van der Waals surface area contributed by atoms with Crippen LogP contribution in [0.5, 0.6) is 0 Å². The molecule has 2 aromatic heterocycles. The largest absolute Gasteiger partial charge is 0.290 e. The maximum absolute atomic E-state index is 11.0. The van der Waals surface area contributed by atoms with Gasteiger partial charge in [0.25, 0.3) is 9.05 Å². The summed E-state index contributed by atoms with van der Waals surface area (Å²) in [6, 6.07) is 5.18. The van der Waals surface area contributed by atoms with E-state index in [2.05, 4.69) is 4.98 Å². The summed E-state index contributed by atoms with van der Waals surface area (Å²) in [5.74, 6) is 0. The number of halogens is 1. The lowest BCUT2D eigenvalue weighted by atomic mass is 10.5. The number of hydrogen-bond donors (Lipinski definition) is 0. The van der Waals surface area contributed by atoms with Crippen molar-refractivity contribution < 1.29 is 8.42 Å². The molecule has 0 saturated carbocycles. The first-order valence-electron chi connectivity index (χ1n) is 3.46. The summed E-state index contributed by atoms with van der Waals surface area (Å²) in [5, 5.41) is -0.00948. The highest BCUT2D eigenvalue weighted by Gasteiger charge is 2.14. The van der Waals surface area contributed by atoms with Crippen molar-refractivity contribution in [2.75, 3.05) is 0 Å². The minimum absolute atomic E-state index is 0.00948. The van der Waals surface area contributed by atoms with E-state index in [9.17, 15) is 8.42 Å². The third kappa shape index (κ3) is 1.40. The van der Waals surface area contributed by atoms with Crippen molar-refractivity contribution in [3.8, 4) is 0 Å². The summed E-state index contributed by atoms with van der Waals surface area (Å²) in [6.45, 7) is 0. The van der Waals surface area contributed by atoms with Gasteiger partial charge in [0.1, 0.15) is 5.65 Å². The van der Waals surface area contributed by atoms with Crippen molar-refractivity contribution in [1.29, 1.82) is 0 Å². The van der Waals surface area contributed by atoms with E-state index in [1.807, 2.05) is 0 Å². The van der Waals surface area contributed by atoms with Crippen molar-refractivity contribution in [2.45, 2.75) is 5.03 Å². The Hall–Kier alpha value is -1.07. The molecule has 0 amide bonds. The van der Waals surface area contributed by atoms with E-state index in [1.165, 1.54) is 10.6 Å². The molecule has 0 bridgehead atoms. The summed E-state index contributed by atoms with van der Waals surface area (Å²) in [4.78, 5) is 3.88. The van der Waals surface area contributed by atoms with Gasteiger partial charge in [-0.25, -0.2) is 13.4 Å². The second-order valence-electron chi connectivity index (χ2n) is 2.46. The Morgan fingerprint density at radius 1 is 1.38 bits per heavy atom. The molecule has 2 aromatic rings. The molecule has 13 heavy (non-hydrogen) atoms. The van der Waals surface area contributed by atoms with Crippen LogP contribution in [0.15, 0.2) is 35.6 Å². The summed E-state index contributed by atoms with van der Waals surface area (Å²) in [7, 11) is 1.48. The Balaban J connectivity index is 2.87. The van der Waals surface area contributed by atoms with Crippen molar-refractivity contribution in [1.82, 2.24) is 9.38 Å². The van der Waals surface area contributed by atoms with E-state index < -0.39 is 9.05 Å². The van der Waals surface area contributed by atoms with E-state index in [1.54, 1.807) is 24.4 Å². The molecule has 0 unspecified atom stereocenters. The molecular formula is C7H5ClN2O2S. The first-order valence-corrected chi connectivity index (χ1v) is 5.77. The summed E-state index contributed by atoms with van der Waals surface area (Å²) in [6.07, 6.45) is 2.83. The lowest BCUT2D eigenvalue weighted by molar-refractivity contribution is 0.605. The molecule has 0 aliphatic carbocycles. The molecule has 4 nitrogen and oxygen atoms in total. The van der Waals surface area contributed by atoms with Crippen LogP contribution < -0.4 is 0 Å². The fourth-order valence-corrected chi connectivity index (χ4v) is 2.00. The van der Waals surface area contributed by atoms with Gasteiger partial charge in [-0.2, -0.15) is 0 Å². The highest BCUT2D eigenvalue weighted by Crippen LogP contribution is 2.15. The minimum Gasteiger partial charge on any atom is -0.290 e. The lowest BCUT2D eigenvalue weighted by Gasteiger charge is -1.95. The zero-order chi connectivity index (χ0) is 9.47. The van der Waals surface area contributed by atoms with Crippen LogP contribution in [0.2, 0.25) is 0 Å². The maximum Gasteiger partial charge on any atom is 0.278 e. The van der Waals surface area contributed by atoms with Gasteiger partial charge in [0.05, 0.1) is 6.20 Å². The van der Waals surface area contributed by atoms with E-state index in [0.717, 1.165) is 0 Å². The zero-order valence-corrected chi connectivity index (χ0v) is 7.96.